The van der Waals surface area contributed by atoms with E-state index < -0.39 is 0 Å². The van der Waals surface area contributed by atoms with Gasteiger partial charge in [-0.15, -0.1) is 0 Å². The number of rotatable bonds is 2. The third-order valence-corrected chi connectivity index (χ3v) is 4.84. The second-order valence-electron chi connectivity index (χ2n) is 4.64. The minimum absolute atomic E-state index is 0.519. The fraction of sp³-hybridized carbons (Fsp3) is 0.750. The number of morpholine rings is 1. The van der Waals surface area contributed by atoms with Gasteiger partial charge in [0.1, 0.15) is 0 Å². The lowest BCUT2D eigenvalue weighted by molar-refractivity contribution is 0.122. The first kappa shape index (κ1) is 11.4. The summed E-state index contributed by atoms with van der Waals surface area (Å²) in [5.74, 6) is 0. The monoisotopic (exact) mass is 253 g/mol. The number of ether oxygens (including phenoxy) is 1. The van der Waals surface area contributed by atoms with Gasteiger partial charge in [-0.1, -0.05) is 11.3 Å². The first-order chi connectivity index (χ1) is 8.38. The van der Waals surface area contributed by atoms with Crippen LogP contribution in [0.25, 0.3) is 0 Å². The number of hydrogen-bond acceptors (Lipinski definition) is 5. The van der Waals surface area contributed by atoms with Gasteiger partial charge in [-0.2, -0.15) is 0 Å². The highest BCUT2D eigenvalue weighted by atomic mass is 32.1. The van der Waals surface area contributed by atoms with Gasteiger partial charge in [0.25, 0.3) is 0 Å². The van der Waals surface area contributed by atoms with Crippen molar-refractivity contribution in [2.45, 2.75) is 25.3 Å². The Bertz CT molecular complexity index is 387. The molecule has 5 heteroatoms. The number of thiazole rings is 1. The van der Waals surface area contributed by atoms with Gasteiger partial charge in [0.2, 0.25) is 0 Å². The quantitative estimate of drug-likeness (QED) is 0.868. The summed E-state index contributed by atoms with van der Waals surface area (Å²) in [4.78, 5) is 8.64. The van der Waals surface area contributed by atoms with Crippen LogP contribution in [0.3, 0.4) is 0 Å². The molecule has 1 aromatic heterocycles. The molecule has 1 saturated heterocycles. The average molecular weight is 253 g/mol. The Labute approximate surface area is 106 Å². The first-order valence-electron chi connectivity index (χ1n) is 6.38. The van der Waals surface area contributed by atoms with E-state index in [1.165, 1.54) is 28.5 Å². The summed E-state index contributed by atoms with van der Waals surface area (Å²) in [6, 6.07) is 0.519. The van der Waals surface area contributed by atoms with Crippen LogP contribution in [0.2, 0.25) is 0 Å². The number of hydrogen-bond donors (Lipinski definition) is 1. The lowest BCUT2D eigenvalue weighted by Gasteiger charge is -2.26. The maximum atomic E-state index is 5.39. The second kappa shape index (κ2) is 4.92. The highest BCUT2D eigenvalue weighted by molar-refractivity contribution is 7.15. The molecule has 1 N–H and O–H groups in total. The molecule has 0 bridgehead atoms. The van der Waals surface area contributed by atoms with Crippen molar-refractivity contribution >= 4 is 16.5 Å². The molecule has 4 nitrogen and oxygen atoms in total. The van der Waals surface area contributed by atoms with Crippen LogP contribution < -0.4 is 10.2 Å². The molecule has 0 radical (unpaired) electrons. The molecule has 2 aliphatic rings. The third-order valence-electron chi connectivity index (χ3n) is 3.57. The average Bonchev–Trinajstić information content (AvgIpc) is 2.83. The smallest absolute Gasteiger partial charge is 0.185 e. The van der Waals surface area contributed by atoms with Crippen LogP contribution >= 0.6 is 11.3 Å². The standard InChI is InChI=1S/C12H19N3OS/c1-13-9-3-2-4-10-11(9)17-12(14-10)15-5-7-16-8-6-15/h9,13H,2-8H2,1H3. The molecular formula is C12H19N3OS. The van der Waals surface area contributed by atoms with Gasteiger partial charge in [-0.05, 0) is 26.3 Å². The predicted octanol–water partition coefficient (Wildman–Crippen LogP) is 1.58. The number of anilines is 1. The molecule has 1 aromatic rings. The molecular weight excluding hydrogens is 234 g/mol. The molecule has 0 amide bonds. The van der Waals surface area contributed by atoms with Crippen molar-refractivity contribution in [1.29, 1.82) is 0 Å². The van der Waals surface area contributed by atoms with Crippen LogP contribution in [-0.2, 0) is 11.2 Å². The third kappa shape index (κ3) is 2.19. The number of nitrogens with zero attached hydrogens (tertiary/aromatic N) is 2. The zero-order chi connectivity index (χ0) is 11.7. The fourth-order valence-corrected chi connectivity index (χ4v) is 3.88. The van der Waals surface area contributed by atoms with E-state index in [4.69, 9.17) is 9.72 Å². The maximum absolute atomic E-state index is 5.39. The van der Waals surface area contributed by atoms with Gasteiger partial charge in [-0.3, -0.25) is 0 Å². The molecule has 0 spiro atoms. The van der Waals surface area contributed by atoms with E-state index in [9.17, 15) is 0 Å². The topological polar surface area (TPSA) is 37.4 Å². The lowest BCUT2D eigenvalue weighted by atomic mass is 9.98. The largest absolute Gasteiger partial charge is 0.378 e. The Kier molecular flexibility index (Phi) is 3.31. The van der Waals surface area contributed by atoms with Gasteiger partial charge in [0, 0.05) is 24.0 Å². The van der Waals surface area contributed by atoms with E-state index >= 15 is 0 Å². The van der Waals surface area contributed by atoms with Crippen LogP contribution in [-0.4, -0.2) is 38.3 Å². The van der Waals surface area contributed by atoms with E-state index in [2.05, 4.69) is 10.2 Å². The Hall–Kier alpha value is -0.650. The summed E-state index contributed by atoms with van der Waals surface area (Å²) in [5, 5.41) is 4.60. The zero-order valence-corrected chi connectivity index (χ0v) is 11.1. The summed E-state index contributed by atoms with van der Waals surface area (Å²) >= 11 is 1.87. The van der Waals surface area contributed by atoms with Crippen molar-refractivity contribution < 1.29 is 4.74 Å². The zero-order valence-electron chi connectivity index (χ0n) is 10.2. The number of nitrogens with one attached hydrogen (secondary N) is 1. The van der Waals surface area contributed by atoms with Gasteiger partial charge in [-0.25, -0.2) is 4.98 Å². The number of aromatic nitrogens is 1. The second-order valence-corrected chi connectivity index (χ2v) is 5.65. The van der Waals surface area contributed by atoms with Crippen LogP contribution in [0.4, 0.5) is 5.13 Å². The molecule has 1 unspecified atom stereocenters. The summed E-state index contributed by atoms with van der Waals surface area (Å²) in [6.45, 7) is 3.63. The van der Waals surface area contributed by atoms with Crippen molar-refractivity contribution in [3.05, 3.63) is 10.6 Å². The molecule has 1 aliphatic heterocycles. The molecule has 0 saturated carbocycles. The van der Waals surface area contributed by atoms with E-state index in [0.717, 1.165) is 32.7 Å². The summed E-state index contributed by atoms with van der Waals surface area (Å²) < 4.78 is 5.39. The lowest BCUT2D eigenvalue weighted by Crippen LogP contribution is -2.36. The number of aryl methyl sites for hydroxylation is 1. The van der Waals surface area contributed by atoms with Crippen LogP contribution in [0.15, 0.2) is 0 Å². The van der Waals surface area contributed by atoms with Gasteiger partial charge < -0.3 is 15.0 Å². The molecule has 3 rings (SSSR count). The molecule has 1 atom stereocenters. The molecule has 2 heterocycles. The van der Waals surface area contributed by atoms with Crippen molar-refractivity contribution in [1.82, 2.24) is 10.3 Å². The minimum Gasteiger partial charge on any atom is -0.378 e. The molecule has 0 aromatic carbocycles. The number of fused-ring (bicyclic) bond motifs is 1. The Morgan fingerprint density at radius 2 is 2.24 bits per heavy atom. The van der Waals surface area contributed by atoms with E-state index in [1.807, 2.05) is 18.4 Å². The SMILES string of the molecule is CNC1CCCc2nc(N3CCOCC3)sc21. The summed E-state index contributed by atoms with van der Waals surface area (Å²) in [5.41, 5.74) is 1.32. The van der Waals surface area contributed by atoms with Gasteiger partial charge >= 0.3 is 0 Å². The molecule has 1 aliphatic carbocycles. The summed E-state index contributed by atoms with van der Waals surface area (Å²) in [6.07, 6.45) is 3.65. The van der Waals surface area contributed by atoms with E-state index in [1.54, 1.807) is 0 Å². The Morgan fingerprint density at radius 3 is 3.00 bits per heavy atom. The van der Waals surface area contributed by atoms with Crippen molar-refractivity contribution in [3.8, 4) is 0 Å². The maximum Gasteiger partial charge on any atom is 0.185 e. The Morgan fingerprint density at radius 1 is 1.41 bits per heavy atom. The first-order valence-corrected chi connectivity index (χ1v) is 7.19. The normalized spacial score (nSPS) is 24.8. The predicted molar refractivity (Wildman–Crippen MR) is 69.9 cm³/mol. The molecule has 17 heavy (non-hydrogen) atoms. The fourth-order valence-electron chi connectivity index (χ4n) is 2.57. The Balaban J connectivity index is 1.84. The van der Waals surface area contributed by atoms with E-state index in [-0.39, 0.29) is 0 Å². The van der Waals surface area contributed by atoms with Gasteiger partial charge in [0.05, 0.1) is 18.9 Å². The van der Waals surface area contributed by atoms with Crippen LogP contribution in [0.1, 0.15) is 29.5 Å². The van der Waals surface area contributed by atoms with Crippen molar-refractivity contribution in [3.63, 3.8) is 0 Å². The van der Waals surface area contributed by atoms with E-state index in [0.29, 0.717) is 6.04 Å². The summed E-state index contributed by atoms with van der Waals surface area (Å²) in [7, 11) is 2.05. The minimum atomic E-state index is 0.519. The highest BCUT2D eigenvalue weighted by Crippen LogP contribution is 2.37. The van der Waals surface area contributed by atoms with Gasteiger partial charge in [0.15, 0.2) is 5.13 Å². The van der Waals surface area contributed by atoms with Crippen molar-refractivity contribution in [2.24, 2.45) is 0 Å². The van der Waals surface area contributed by atoms with Crippen LogP contribution in [0.5, 0.6) is 0 Å². The molecule has 1 fully saturated rings. The molecule has 94 valence electrons. The van der Waals surface area contributed by atoms with Crippen LogP contribution in [0, 0.1) is 0 Å². The highest BCUT2D eigenvalue weighted by Gasteiger charge is 2.25. The van der Waals surface area contributed by atoms with Crippen molar-refractivity contribution in [2.75, 3.05) is 38.3 Å².